The van der Waals surface area contributed by atoms with Crippen LogP contribution in [0.15, 0.2) is 36.6 Å². The lowest BCUT2D eigenvalue weighted by atomic mass is 10.3. The first kappa shape index (κ1) is 10.2. The summed E-state index contributed by atoms with van der Waals surface area (Å²) in [5.74, 6) is 0.598. The van der Waals surface area contributed by atoms with Crippen LogP contribution in [0, 0.1) is 10.1 Å². The fourth-order valence-electron chi connectivity index (χ4n) is 0.869. The van der Waals surface area contributed by atoms with Crippen LogP contribution < -0.4 is 4.74 Å². The van der Waals surface area contributed by atoms with Gasteiger partial charge in [0.2, 0.25) is 0 Å². The van der Waals surface area contributed by atoms with Gasteiger partial charge < -0.3 is 4.74 Å². The Morgan fingerprint density at radius 2 is 2.07 bits per heavy atom. The monoisotopic (exact) mass is 193 g/mol. The standard InChI is InChI=1S/C10H11NO3/c1-2-3-8-14-10-6-4-9(5-7-10)11(12)13/h3-8H,2H2,1H3/b8-3+. The van der Waals surface area contributed by atoms with Gasteiger partial charge in [-0.25, -0.2) is 0 Å². The highest BCUT2D eigenvalue weighted by Gasteiger charge is 2.03. The Morgan fingerprint density at radius 3 is 2.57 bits per heavy atom. The molecule has 0 spiro atoms. The van der Waals surface area contributed by atoms with Crippen LogP contribution >= 0.6 is 0 Å². The van der Waals surface area contributed by atoms with Gasteiger partial charge in [0, 0.05) is 12.1 Å². The molecule has 0 N–H and O–H groups in total. The molecule has 0 saturated heterocycles. The van der Waals surface area contributed by atoms with Gasteiger partial charge in [-0.05, 0) is 24.6 Å². The summed E-state index contributed by atoms with van der Waals surface area (Å²) in [6.45, 7) is 2.00. The van der Waals surface area contributed by atoms with Crippen molar-refractivity contribution >= 4 is 5.69 Å². The minimum atomic E-state index is -0.439. The summed E-state index contributed by atoms with van der Waals surface area (Å²) in [4.78, 5) is 9.88. The van der Waals surface area contributed by atoms with Crippen LogP contribution in [-0.2, 0) is 0 Å². The molecule has 4 nitrogen and oxygen atoms in total. The van der Waals surface area contributed by atoms with Crippen molar-refractivity contribution in [3.8, 4) is 5.75 Å². The maximum Gasteiger partial charge on any atom is 0.269 e. The zero-order chi connectivity index (χ0) is 10.4. The fourth-order valence-corrected chi connectivity index (χ4v) is 0.869. The average molecular weight is 193 g/mol. The van der Waals surface area contributed by atoms with E-state index in [2.05, 4.69) is 0 Å². The van der Waals surface area contributed by atoms with E-state index in [1.165, 1.54) is 12.1 Å². The number of ether oxygens (including phenoxy) is 1. The molecule has 0 aliphatic carbocycles. The SMILES string of the molecule is CC/C=C/Oc1ccc([N+](=O)[O-])cc1. The maximum atomic E-state index is 10.3. The number of hydrogen-bond acceptors (Lipinski definition) is 3. The van der Waals surface area contributed by atoms with Crippen LogP contribution in [0.25, 0.3) is 0 Å². The molecule has 0 unspecified atom stereocenters. The van der Waals surface area contributed by atoms with Crippen molar-refractivity contribution in [2.45, 2.75) is 13.3 Å². The number of nitro benzene ring substituents is 1. The van der Waals surface area contributed by atoms with E-state index in [4.69, 9.17) is 4.74 Å². The summed E-state index contributed by atoms with van der Waals surface area (Å²) in [6, 6.07) is 5.96. The first-order valence-corrected chi connectivity index (χ1v) is 4.30. The number of nitrogens with zero attached hydrogens (tertiary/aromatic N) is 1. The van der Waals surface area contributed by atoms with Crippen molar-refractivity contribution in [1.82, 2.24) is 0 Å². The Labute approximate surface area is 82.0 Å². The Kier molecular flexibility index (Phi) is 3.67. The van der Waals surface area contributed by atoms with E-state index in [0.29, 0.717) is 5.75 Å². The number of benzene rings is 1. The highest BCUT2D eigenvalue weighted by Crippen LogP contribution is 2.17. The van der Waals surface area contributed by atoms with Gasteiger partial charge in [0.05, 0.1) is 11.2 Å². The Hall–Kier alpha value is -1.84. The third-order valence-corrected chi connectivity index (χ3v) is 1.58. The Morgan fingerprint density at radius 1 is 1.43 bits per heavy atom. The summed E-state index contributed by atoms with van der Waals surface area (Å²) >= 11 is 0. The van der Waals surface area contributed by atoms with Crippen LogP contribution in [0.4, 0.5) is 5.69 Å². The first-order valence-electron chi connectivity index (χ1n) is 4.30. The molecule has 0 bridgehead atoms. The lowest BCUT2D eigenvalue weighted by Crippen LogP contribution is -1.87. The molecule has 1 rings (SSSR count). The lowest BCUT2D eigenvalue weighted by molar-refractivity contribution is -0.384. The molecule has 0 aromatic heterocycles. The van der Waals surface area contributed by atoms with Crippen molar-refractivity contribution in [3.05, 3.63) is 46.7 Å². The van der Waals surface area contributed by atoms with Crippen LogP contribution in [0.2, 0.25) is 0 Å². The lowest BCUT2D eigenvalue weighted by Gasteiger charge is -1.98. The second-order valence-corrected chi connectivity index (χ2v) is 2.65. The number of hydrogen-bond donors (Lipinski definition) is 0. The third-order valence-electron chi connectivity index (χ3n) is 1.58. The summed E-state index contributed by atoms with van der Waals surface area (Å²) in [6.07, 6.45) is 4.33. The van der Waals surface area contributed by atoms with Crippen LogP contribution in [-0.4, -0.2) is 4.92 Å². The number of nitro groups is 1. The van der Waals surface area contributed by atoms with Crippen LogP contribution in [0.1, 0.15) is 13.3 Å². The molecule has 0 saturated carbocycles. The van der Waals surface area contributed by atoms with Gasteiger partial charge in [-0.3, -0.25) is 10.1 Å². The highest BCUT2D eigenvalue weighted by molar-refractivity contribution is 5.36. The van der Waals surface area contributed by atoms with Gasteiger partial charge in [-0.2, -0.15) is 0 Å². The van der Waals surface area contributed by atoms with Crippen molar-refractivity contribution in [3.63, 3.8) is 0 Å². The fraction of sp³-hybridized carbons (Fsp3) is 0.200. The Bertz CT molecular complexity index is 330. The quantitative estimate of drug-likeness (QED) is 0.419. The second kappa shape index (κ2) is 5.01. The van der Waals surface area contributed by atoms with Crippen molar-refractivity contribution in [2.75, 3.05) is 0 Å². The predicted octanol–water partition coefficient (Wildman–Crippen LogP) is 2.90. The summed E-state index contributed by atoms with van der Waals surface area (Å²) < 4.78 is 5.18. The van der Waals surface area contributed by atoms with E-state index in [9.17, 15) is 10.1 Å². The largest absolute Gasteiger partial charge is 0.465 e. The molecule has 4 heteroatoms. The van der Waals surface area contributed by atoms with Crippen LogP contribution in [0.5, 0.6) is 5.75 Å². The minimum absolute atomic E-state index is 0.0665. The van der Waals surface area contributed by atoms with Gasteiger partial charge in [0.25, 0.3) is 5.69 Å². The first-order chi connectivity index (χ1) is 6.74. The summed E-state index contributed by atoms with van der Waals surface area (Å²) in [5.41, 5.74) is 0.0665. The molecule has 14 heavy (non-hydrogen) atoms. The van der Waals surface area contributed by atoms with E-state index >= 15 is 0 Å². The van der Waals surface area contributed by atoms with E-state index in [-0.39, 0.29) is 5.69 Å². The number of allylic oxidation sites excluding steroid dienone is 1. The van der Waals surface area contributed by atoms with Crippen LogP contribution in [0.3, 0.4) is 0 Å². The number of non-ortho nitro benzene ring substituents is 1. The molecule has 0 amide bonds. The second-order valence-electron chi connectivity index (χ2n) is 2.65. The van der Waals surface area contributed by atoms with Gasteiger partial charge in [0.15, 0.2) is 0 Å². The molecule has 0 radical (unpaired) electrons. The maximum absolute atomic E-state index is 10.3. The van der Waals surface area contributed by atoms with E-state index in [0.717, 1.165) is 6.42 Å². The smallest absolute Gasteiger partial charge is 0.269 e. The number of rotatable bonds is 4. The third kappa shape index (κ3) is 2.90. The molecule has 0 fully saturated rings. The predicted molar refractivity (Wildman–Crippen MR) is 53.2 cm³/mol. The van der Waals surface area contributed by atoms with Gasteiger partial charge in [-0.15, -0.1) is 0 Å². The van der Waals surface area contributed by atoms with E-state index < -0.39 is 4.92 Å². The normalized spacial score (nSPS) is 10.4. The van der Waals surface area contributed by atoms with Crippen molar-refractivity contribution in [2.24, 2.45) is 0 Å². The molecule has 1 aromatic rings. The minimum Gasteiger partial charge on any atom is -0.465 e. The van der Waals surface area contributed by atoms with E-state index in [1.807, 2.05) is 13.0 Å². The van der Waals surface area contributed by atoms with Gasteiger partial charge in [0.1, 0.15) is 5.75 Å². The zero-order valence-electron chi connectivity index (χ0n) is 7.84. The molecule has 0 aliphatic heterocycles. The molecule has 1 aromatic carbocycles. The molecular formula is C10H11NO3. The van der Waals surface area contributed by atoms with Crippen molar-refractivity contribution in [1.29, 1.82) is 0 Å². The Balaban J connectivity index is 2.64. The summed E-state index contributed by atoms with van der Waals surface area (Å²) in [7, 11) is 0. The molecule has 0 aliphatic rings. The highest BCUT2D eigenvalue weighted by atomic mass is 16.6. The van der Waals surface area contributed by atoms with E-state index in [1.54, 1.807) is 18.4 Å². The molecule has 74 valence electrons. The molecule has 0 atom stereocenters. The molecule has 0 heterocycles. The summed E-state index contributed by atoms with van der Waals surface area (Å²) in [5, 5.41) is 10.3. The topological polar surface area (TPSA) is 52.4 Å². The van der Waals surface area contributed by atoms with Gasteiger partial charge in [-0.1, -0.05) is 6.92 Å². The van der Waals surface area contributed by atoms with Crippen molar-refractivity contribution < 1.29 is 9.66 Å². The average Bonchev–Trinajstić information content (AvgIpc) is 2.19. The zero-order valence-corrected chi connectivity index (χ0v) is 7.84. The molecular weight excluding hydrogens is 182 g/mol. The van der Waals surface area contributed by atoms with Gasteiger partial charge >= 0.3 is 0 Å².